The number of aromatic hydroxyl groups is 4. The average Bonchev–Trinajstić information content (AvgIpc) is 2.90. The summed E-state index contributed by atoms with van der Waals surface area (Å²) in [5.74, 6) is -7.22. The molecule has 3 aromatic rings. The fourth-order valence-electron chi connectivity index (χ4n) is 5.50. The number of methoxy groups -OCH3 is 2. The molecule has 1 heterocycles. The SMILES string of the molecule is COc1cc(O)c2c(c1)C1=C(c3c(O)c(O)cc(C)c3-c3cc(OC)cc(O)c3C(=O)O)C(=O)C(O)=CC1(C)OC2=O. The molecule has 12 nitrogen and oxygen atoms in total. The standard InChI is InChI=1S/C30H24O12/c1-11-5-18(33)26(35)23(20(11)14-6-12(40-3)8-16(31)21(14)28(37)38)24-25-15-7-13(41-4)9-17(32)22(15)29(39)42-30(25,2)10-19(34)27(24)36/h5-10,31-35H,1-4H3,(H,37,38). The number of esters is 1. The lowest BCUT2D eigenvalue weighted by Gasteiger charge is -2.39. The Hall–Kier alpha value is -5.65. The molecule has 12 heteroatoms. The monoisotopic (exact) mass is 576 g/mol. The number of carboxylic acid groups (broad SMARTS) is 1. The molecule has 0 bridgehead atoms. The summed E-state index contributed by atoms with van der Waals surface area (Å²) in [5, 5.41) is 64.1. The number of fused-ring (bicyclic) bond motifs is 3. The van der Waals surface area contributed by atoms with Crippen LogP contribution < -0.4 is 9.47 Å². The quantitative estimate of drug-likeness (QED) is 0.188. The Bertz CT molecular complexity index is 1810. The van der Waals surface area contributed by atoms with Crippen molar-refractivity contribution >= 4 is 28.9 Å². The van der Waals surface area contributed by atoms with E-state index in [4.69, 9.17) is 14.2 Å². The molecule has 0 amide bonds. The van der Waals surface area contributed by atoms with Gasteiger partial charge in [0, 0.05) is 46.0 Å². The van der Waals surface area contributed by atoms with Gasteiger partial charge in [-0.05, 0) is 43.2 Å². The molecule has 42 heavy (non-hydrogen) atoms. The normalized spacial score (nSPS) is 17.7. The number of carbonyl (C=O) groups is 3. The van der Waals surface area contributed by atoms with Crippen molar-refractivity contribution in [1.29, 1.82) is 0 Å². The number of aryl methyl sites for hydroxylation is 1. The van der Waals surface area contributed by atoms with E-state index in [2.05, 4.69) is 0 Å². The van der Waals surface area contributed by atoms with Crippen molar-refractivity contribution in [1.82, 2.24) is 0 Å². The van der Waals surface area contributed by atoms with Crippen molar-refractivity contribution in [2.75, 3.05) is 14.2 Å². The molecular weight excluding hydrogens is 552 g/mol. The summed E-state index contributed by atoms with van der Waals surface area (Å²) in [6.07, 6.45) is 0.984. The molecule has 5 rings (SSSR count). The minimum atomic E-state index is -1.86. The number of phenolic OH excluding ortho intramolecular Hbond substituents is 3. The summed E-state index contributed by atoms with van der Waals surface area (Å²) in [6.45, 7) is 2.81. The highest BCUT2D eigenvalue weighted by molar-refractivity contribution is 6.38. The van der Waals surface area contributed by atoms with Crippen LogP contribution >= 0.6 is 0 Å². The molecule has 0 spiro atoms. The van der Waals surface area contributed by atoms with Crippen LogP contribution in [-0.4, -0.2) is 68.2 Å². The van der Waals surface area contributed by atoms with Crippen molar-refractivity contribution in [3.05, 3.63) is 70.0 Å². The zero-order valence-electron chi connectivity index (χ0n) is 22.6. The fourth-order valence-corrected chi connectivity index (χ4v) is 5.50. The molecule has 0 saturated carbocycles. The number of allylic oxidation sites excluding steroid dienone is 1. The maximum Gasteiger partial charge on any atom is 0.343 e. The second-order valence-electron chi connectivity index (χ2n) is 9.86. The summed E-state index contributed by atoms with van der Waals surface area (Å²) in [4.78, 5) is 39.2. The predicted molar refractivity (Wildman–Crippen MR) is 146 cm³/mol. The highest BCUT2D eigenvalue weighted by atomic mass is 16.6. The highest BCUT2D eigenvalue weighted by Gasteiger charge is 2.49. The van der Waals surface area contributed by atoms with Crippen LogP contribution in [0.1, 0.15) is 44.3 Å². The lowest BCUT2D eigenvalue weighted by molar-refractivity contribution is -0.113. The molecule has 1 aliphatic carbocycles. The third-order valence-electron chi connectivity index (χ3n) is 7.26. The van der Waals surface area contributed by atoms with E-state index in [1.165, 1.54) is 40.2 Å². The average molecular weight is 577 g/mol. The number of hydrogen-bond donors (Lipinski definition) is 6. The molecule has 0 fully saturated rings. The van der Waals surface area contributed by atoms with Gasteiger partial charge in [-0.2, -0.15) is 0 Å². The molecule has 1 unspecified atom stereocenters. The molecular formula is C30H24O12. The van der Waals surface area contributed by atoms with Crippen molar-refractivity contribution in [3.8, 4) is 45.6 Å². The van der Waals surface area contributed by atoms with E-state index in [0.29, 0.717) is 0 Å². The Balaban J connectivity index is 2.04. The van der Waals surface area contributed by atoms with Gasteiger partial charge in [0.1, 0.15) is 34.1 Å². The van der Waals surface area contributed by atoms with Crippen LogP contribution in [0.25, 0.3) is 22.3 Å². The summed E-state index contributed by atoms with van der Waals surface area (Å²) < 4.78 is 16.1. The van der Waals surface area contributed by atoms with E-state index in [-0.39, 0.29) is 44.9 Å². The van der Waals surface area contributed by atoms with Crippen LogP contribution in [0.4, 0.5) is 0 Å². The highest BCUT2D eigenvalue weighted by Crippen LogP contribution is 2.54. The number of phenols is 4. The molecule has 1 atom stereocenters. The van der Waals surface area contributed by atoms with E-state index in [1.54, 1.807) is 0 Å². The maximum absolute atomic E-state index is 13.8. The number of benzene rings is 3. The Kier molecular flexibility index (Phi) is 6.29. The molecule has 2 aliphatic rings. The van der Waals surface area contributed by atoms with Gasteiger partial charge >= 0.3 is 11.9 Å². The molecule has 3 aromatic carbocycles. The lowest BCUT2D eigenvalue weighted by Crippen LogP contribution is -2.40. The zero-order valence-corrected chi connectivity index (χ0v) is 22.6. The number of aromatic carboxylic acids is 1. The smallest absolute Gasteiger partial charge is 0.343 e. The topological polar surface area (TPSA) is 200 Å². The van der Waals surface area contributed by atoms with Crippen LogP contribution in [0, 0.1) is 6.92 Å². The van der Waals surface area contributed by atoms with Gasteiger partial charge in [0.25, 0.3) is 0 Å². The third-order valence-corrected chi connectivity index (χ3v) is 7.26. The minimum absolute atomic E-state index is 0.0252. The van der Waals surface area contributed by atoms with Gasteiger partial charge in [0.05, 0.1) is 14.2 Å². The Morgan fingerprint density at radius 1 is 0.810 bits per heavy atom. The van der Waals surface area contributed by atoms with Crippen LogP contribution in [-0.2, 0) is 9.53 Å². The summed E-state index contributed by atoms with van der Waals surface area (Å²) >= 11 is 0. The molecule has 0 saturated heterocycles. The number of ether oxygens (including phenoxy) is 3. The minimum Gasteiger partial charge on any atom is -0.507 e. The molecule has 1 aliphatic heterocycles. The Morgan fingerprint density at radius 3 is 2.00 bits per heavy atom. The number of rotatable bonds is 5. The van der Waals surface area contributed by atoms with Gasteiger partial charge in [-0.25, -0.2) is 9.59 Å². The number of carboxylic acids is 1. The van der Waals surface area contributed by atoms with Crippen molar-refractivity contribution in [2.24, 2.45) is 0 Å². The van der Waals surface area contributed by atoms with E-state index in [1.807, 2.05) is 0 Å². The molecule has 0 aromatic heterocycles. The van der Waals surface area contributed by atoms with Gasteiger partial charge < -0.3 is 44.8 Å². The molecule has 6 N–H and O–H groups in total. The first-order chi connectivity index (χ1) is 19.7. The summed E-state index contributed by atoms with van der Waals surface area (Å²) in [6, 6.07) is 5.93. The zero-order chi connectivity index (χ0) is 30.8. The maximum atomic E-state index is 13.8. The number of Topliss-reactive ketones (excluding diaryl/α,β-unsaturated/α-hetero) is 1. The van der Waals surface area contributed by atoms with Crippen LogP contribution in [0.5, 0.6) is 34.5 Å². The van der Waals surface area contributed by atoms with E-state index < -0.39 is 68.8 Å². The van der Waals surface area contributed by atoms with E-state index in [9.17, 15) is 45.0 Å². The van der Waals surface area contributed by atoms with E-state index in [0.717, 1.165) is 24.3 Å². The lowest BCUT2D eigenvalue weighted by atomic mass is 9.72. The van der Waals surface area contributed by atoms with Gasteiger partial charge in [0.15, 0.2) is 22.9 Å². The number of carbonyl (C=O) groups excluding carboxylic acids is 2. The first kappa shape index (κ1) is 27.9. The number of aliphatic hydroxyl groups is 1. The third kappa shape index (κ3) is 3.95. The number of aliphatic hydroxyl groups excluding tert-OH is 1. The van der Waals surface area contributed by atoms with Crippen LogP contribution in [0.3, 0.4) is 0 Å². The van der Waals surface area contributed by atoms with Crippen LogP contribution in [0.2, 0.25) is 0 Å². The van der Waals surface area contributed by atoms with Gasteiger partial charge in [0.2, 0.25) is 5.78 Å². The van der Waals surface area contributed by atoms with Crippen molar-refractivity contribution < 1.29 is 59.2 Å². The van der Waals surface area contributed by atoms with Crippen molar-refractivity contribution in [3.63, 3.8) is 0 Å². The predicted octanol–water partition coefficient (Wildman–Crippen LogP) is 4.06. The van der Waals surface area contributed by atoms with Crippen molar-refractivity contribution in [2.45, 2.75) is 19.4 Å². The van der Waals surface area contributed by atoms with Gasteiger partial charge in [-0.15, -0.1) is 0 Å². The number of ketones is 1. The van der Waals surface area contributed by atoms with Gasteiger partial charge in [-0.1, -0.05) is 0 Å². The summed E-state index contributed by atoms with van der Waals surface area (Å²) in [5.41, 5.74) is -4.09. The molecule has 216 valence electrons. The first-order valence-electron chi connectivity index (χ1n) is 12.3. The Labute approximate surface area is 237 Å². The second kappa shape index (κ2) is 9.47. The largest absolute Gasteiger partial charge is 0.507 e. The fraction of sp³-hybridized carbons (Fsp3) is 0.167. The Morgan fingerprint density at radius 2 is 1.40 bits per heavy atom. The second-order valence-corrected chi connectivity index (χ2v) is 9.86. The van der Waals surface area contributed by atoms with Crippen LogP contribution in [0.15, 0.2) is 42.2 Å². The van der Waals surface area contributed by atoms with Gasteiger partial charge in [-0.3, -0.25) is 4.79 Å². The number of hydrogen-bond acceptors (Lipinski definition) is 11. The summed E-state index contributed by atoms with van der Waals surface area (Å²) in [7, 11) is 2.58. The van der Waals surface area contributed by atoms with E-state index >= 15 is 0 Å². The first-order valence-corrected chi connectivity index (χ1v) is 12.3. The molecule has 0 radical (unpaired) electrons.